The van der Waals surface area contributed by atoms with Gasteiger partial charge in [0, 0.05) is 12.1 Å². The first-order valence-corrected chi connectivity index (χ1v) is 6.01. The average Bonchev–Trinajstić information content (AvgIpc) is 2.25. The van der Waals surface area contributed by atoms with Gasteiger partial charge in [0.15, 0.2) is 0 Å². The van der Waals surface area contributed by atoms with Gasteiger partial charge >= 0.3 is 6.09 Å². The Morgan fingerprint density at radius 1 is 1.47 bits per heavy atom. The fourth-order valence-electron chi connectivity index (χ4n) is 1.56. The highest BCUT2D eigenvalue weighted by Gasteiger charge is 2.17. The molecule has 106 valence electrons. The van der Waals surface area contributed by atoms with Crippen LogP contribution in [0.2, 0.25) is 0 Å². The number of aryl methyl sites for hydroxylation is 1. The van der Waals surface area contributed by atoms with Crippen LogP contribution in [0.5, 0.6) is 5.88 Å². The molecular weight excluding hydrogens is 246 g/mol. The van der Waals surface area contributed by atoms with Crippen molar-refractivity contribution in [2.24, 2.45) is 5.73 Å². The van der Waals surface area contributed by atoms with E-state index in [0.29, 0.717) is 18.2 Å². The molecule has 0 saturated heterocycles. The van der Waals surface area contributed by atoms with E-state index in [-0.39, 0.29) is 0 Å². The third kappa shape index (κ3) is 4.40. The van der Waals surface area contributed by atoms with Crippen LogP contribution in [0.4, 0.5) is 10.6 Å². The third-order valence-electron chi connectivity index (χ3n) is 2.34. The molecule has 6 heteroatoms. The van der Waals surface area contributed by atoms with Gasteiger partial charge in [-0.1, -0.05) is 0 Å². The van der Waals surface area contributed by atoms with Gasteiger partial charge in [0.2, 0.25) is 5.88 Å². The van der Waals surface area contributed by atoms with Gasteiger partial charge in [0.25, 0.3) is 0 Å². The van der Waals surface area contributed by atoms with Crippen molar-refractivity contribution in [3.05, 3.63) is 17.2 Å². The first-order chi connectivity index (χ1) is 8.76. The van der Waals surface area contributed by atoms with Crippen molar-refractivity contribution in [2.45, 2.75) is 39.8 Å². The molecule has 1 rings (SSSR count). The zero-order valence-corrected chi connectivity index (χ0v) is 12.0. The van der Waals surface area contributed by atoms with E-state index in [1.807, 2.05) is 6.92 Å². The van der Waals surface area contributed by atoms with Gasteiger partial charge in [0.05, 0.1) is 7.11 Å². The summed E-state index contributed by atoms with van der Waals surface area (Å²) in [6, 6.07) is 1.73. The molecule has 0 saturated carbocycles. The predicted octanol–water partition coefficient (Wildman–Crippen LogP) is 2.20. The summed E-state index contributed by atoms with van der Waals surface area (Å²) in [5.74, 6) is 0.786. The number of ether oxygens (including phenoxy) is 2. The van der Waals surface area contributed by atoms with E-state index in [1.54, 1.807) is 26.8 Å². The topological polar surface area (TPSA) is 86.5 Å². The van der Waals surface area contributed by atoms with Crippen LogP contribution >= 0.6 is 0 Å². The Labute approximate surface area is 113 Å². The molecule has 3 N–H and O–H groups in total. The Morgan fingerprint density at radius 3 is 2.58 bits per heavy atom. The highest BCUT2D eigenvalue weighted by atomic mass is 16.6. The summed E-state index contributed by atoms with van der Waals surface area (Å²) in [5.41, 5.74) is 6.79. The van der Waals surface area contributed by atoms with E-state index in [4.69, 9.17) is 15.2 Å². The van der Waals surface area contributed by atoms with Crippen LogP contribution in [0, 0.1) is 6.92 Å². The highest BCUT2D eigenvalue weighted by molar-refractivity contribution is 5.83. The second-order valence-corrected chi connectivity index (χ2v) is 5.14. The van der Waals surface area contributed by atoms with Crippen LogP contribution in [0.1, 0.15) is 31.9 Å². The number of rotatable bonds is 3. The lowest BCUT2D eigenvalue weighted by Crippen LogP contribution is -2.27. The first kappa shape index (κ1) is 15.2. The summed E-state index contributed by atoms with van der Waals surface area (Å²) in [6.07, 6.45) is -0.554. The highest BCUT2D eigenvalue weighted by Crippen LogP contribution is 2.23. The van der Waals surface area contributed by atoms with Crippen molar-refractivity contribution in [3.8, 4) is 5.88 Å². The second kappa shape index (κ2) is 5.88. The normalized spacial score (nSPS) is 11.1. The molecule has 0 aliphatic carbocycles. The maximum absolute atomic E-state index is 11.7. The van der Waals surface area contributed by atoms with Gasteiger partial charge in [-0.2, -0.15) is 4.98 Å². The fraction of sp³-hybridized carbons (Fsp3) is 0.538. The Bertz CT molecular complexity index is 467. The Hall–Kier alpha value is -1.82. The lowest BCUT2D eigenvalue weighted by Gasteiger charge is -2.20. The summed E-state index contributed by atoms with van der Waals surface area (Å²) in [6.45, 7) is 7.59. The molecule has 0 radical (unpaired) electrons. The van der Waals surface area contributed by atoms with Crippen molar-refractivity contribution >= 4 is 11.9 Å². The molecule has 0 fully saturated rings. The number of pyridine rings is 1. The Balaban J connectivity index is 2.91. The molecule has 0 aliphatic rings. The minimum atomic E-state index is -0.555. The third-order valence-corrected chi connectivity index (χ3v) is 2.34. The van der Waals surface area contributed by atoms with E-state index >= 15 is 0 Å². The minimum absolute atomic E-state index is 0.328. The number of anilines is 1. The number of aromatic nitrogens is 1. The number of nitrogens with zero attached hydrogens (tertiary/aromatic N) is 1. The molecule has 1 aromatic heterocycles. The first-order valence-electron chi connectivity index (χ1n) is 6.01. The quantitative estimate of drug-likeness (QED) is 0.876. The Morgan fingerprint density at radius 2 is 2.11 bits per heavy atom. The van der Waals surface area contributed by atoms with E-state index < -0.39 is 11.7 Å². The monoisotopic (exact) mass is 267 g/mol. The minimum Gasteiger partial charge on any atom is -0.481 e. The predicted molar refractivity (Wildman–Crippen MR) is 73.3 cm³/mol. The van der Waals surface area contributed by atoms with Gasteiger partial charge in [-0.05, 0) is 39.3 Å². The molecular formula is C13H21N3O3. The smallest absolute Gasteiger partial charge is 0.413 e. The van der Waals surface area contributed by atoms with Gasteiger partial charge in [-0.3, -0.25) is 5.32 Å². The van der Waals surface area contributed by atoms with E-state index in [0.717, 1.165) is 11.1 Å². The fourth-order valence-corrected chi connectivity index (χ4v) is 1.56. The molecule has 1 aromatic rings. The molecule has 0 bridgehead atoms. The van der Waals surface area contributed by atoms with Crippen LogP contribution in [0.3, 0.4) is 0 Å². The van der Waals surface area contributed by atoms with Gasteiger partial charge in [-0.25, -0.2) is 4.79 Å². The van der Waals surface area contributed by atoms with Crippen LogP contribution in [-0.2, 0) is 11.3 Å². The molecule has 19 heavy (non-hydrogen) atoms. The number of amides is 1. The number of nitrogens with two attached hydrogens (primary N) is 1. The van der Waals surface area contributed by atoms with E-state index in [9.17, 15) is 4.79 Å². The molecule has 0 aliphatic heterocycles. The SMILES string of the molecule is COc1nc(NC(=O)OC(C)(C)C)cc(C)c1CN. The lowest BCUT2D eigenvalue weighted by molar-refractivity contribution is 0.0635. The maximum atomic E-state index is 11.7. The van der Waals surface area contributed by atoms with E-state index in [2.05, 4.69) is 10.3 Å². The lowest BCUT2D eigenvalue weighted by atomic mass is 10.1. The molecule has 0 unspecified atom stereocenters. The summed E-state index contributed by atoms with van der Waals surface area (Å²) >= 11 is 0. The Kier molecular flexibility index (Phi) is 4.72. The van der Waals surface area contributed by atoms with Crippen LogP contribution in [0.25, 0.3) is 0 Å². The van der Waals surface area contributed by atoms with E-state index in [1.165, 1.54) is 7.11 Å². The molecule has 6 nitrogen and oxygen atoms in total. The number of hydrogen-bond acceptors (Lipinski definition) is 5. The molecule has 0 atom stereocenters. The summed E-state index contributed by atoms with van der Waals surface area (Å²) < 4.78 is 10.3. The van der Waals surface area contributed by atoms with Crippen molar-refractivity contribution in [2.75, 3.05) is 12.4 Å². The van der Waals surface area contributed by atoms with Crippen LogP contribution < -0.4 is 15.8 Å². The van der Waals surface area contributed by atoms with Gasteiger partial charge in [-0.15, -0.1) is 0 Å². The molecule has 1 amide bonds. The zero-order chi connectivity index (χ0) is 14.6. The van der Waals surface area contributed by atoms with Crippen molar-refractivity contribution < 1.29 is 14.3 Å². The molecule has 1 heterocycles. The maximum Gasteiger partial charge on any atom is 0.413 e. The van der Waals surface area contributed by atoms with Crippen LogP contribution in [-0.4, -0.2) is 23.8 Å². The second-order valence-electron chi connectivity index (χ2n) is 5.14. The standard InChI is InChI=1S/C13H21N3O3/c1-8-6-10(15-11(18-5)9(8)7-14)16-12(17)19-13(2,3)4/h6H,7,14H2,1-5H3,(H,15,16,17). The molecule has 0 aromatic carbocycles. The number of methoxy groups -OCH3 is 1. The largest absolute Gasteiger partial charge is 0.481 e. The van der Waals surface area contributed by atoms with Crippen LogP contribution in [0.15, 0.2) is 6.07 Å². The number of carbonyl (C=O) groups excluding carboxylic acids is 1. The summed E-state index contributed by atoms with van der Waals surface area (Å²) in [5, 5.41) is 2.57. The number of nitrogens with one attached hydrogen (secondary N) is 1. The summed E-state index contributed by atoms with van der Waals surface area (Å²) in [4.78, 5) is 15.8. The molecule has 0 spiro atoms. The zero-order valence-electron chi connectivity index (χ0n) is 12.0. The van der Waals surface area contributed by atoms with Gasteiger partial charge in [0.1, 0.15) is 11.4 Å². The summed E-state index contributed by atoms with van der Waals surface area (Å²) in [7, 11) is 1.51. The van der Waals surface area contributed by atoms with Gasteiger partial charge < -0.3 is 15.2 Å². The van der Waals surface area contributed by atoms with Crippen molar-refractivity contribution in [3.63, 3.8) is 0 Å². The number of carbonyl (C=O) groups is 1. The van der Waals surface area contributed by atoms with Crippen molar-refractivity contribution in [1.29, 1.82) is 0 Å². The van der Waals surface area contributed by atoms with Crippen molar-refractivity contribution in [1.82, 2.24) is 4.98 Å². The average molecular weight is 267 g/mol. The number of hydrogen-bond donors (Lipinski definition) is 2.